The second kappa shape index (κ2) is 11.7. The number of hydrogen-bond acceptors (Lipinski definition) is 7. The molecule has 0 bridgehead atoms. The minimum absolute atomic E-state index is 0.0527. The maximum Gasteiger partial charge on any atom is 0.435 e. The minimum atomic E-state index is -4.66. The van der Waals surface area contributed by atoms with Gasteiger partial charge < -0.3 is 20.9 Å². The molecule has 1 saturated heterocycles. The summed E-state index contributed by atoms with van der Waals surface area (Å²) in [5.74, 6) is -0.700. The van der Waals surface area contributed by atoms with E-state index in [1.807, 2.05) is 0 Å². The fourth-order valence-corrected chi connectivity index (χ4v) is 6.39. The van der Waals surface area contributed by atoms with Crippen molar-refractivity contribution in [3.8, 4) is 11.3 Å². The number of rotatable bonds is 7. The molecule has 2 aliphatic carbocycles. The van der Waals surface area contributed by atoms with Crippen molar-refractivity contribution in [2.75, 3.05) is 31.5 Å². The molecule has 2 amide bonds. The number of halogens is 4. The van der Waals surface area contributed by atoms with Crippen LogP contribution in [0, 0.1) is 17.7 Å². The summed E-state index contributed by atoms with van der Waals surface area (Å²) >= 11 is 0. The van der Waals surface area contributed by atoms with E-state index in [4.69, 9.17) is 5.73 Å². The lowest BCUT2D eigenvalue weighted by Crippen LogP contribution is -2.52. The molecule has 3 aromatic heterocycles. The van der Waals surface area contributed by atoms with E-state index in [0.29, 0.717) is 45.1 Å². The van der Waals surface area contributed by atoms with E-state index in [1.54, 1.807) is 4.90 Å². The fraction of sp³-hybridized carbons (Fsp3) is 0.452. The maximum atomic E-state index is 15.3. The highest BCUT2D eigenvalue weighted by molar-refractivity contribution is 5.95. The van der Waals surface area contributed by atoms with E-state index in [1.165, 1.54) is 50.9 Å². The molecule has 0 spiro atoms. The van der Waals surface area contributed by atoms with Gasteiger partial charge in [-0.25, -0.2) is 14.4 Å². The summed E-state index contributed by atoms with van der Waals surface area (Å²) in [6, 6.07) is 4.11. The molecule has 0 radical (unpaired) electrons. The first-order valence-corrected chi connectivity index (χ1v) is 15.4. The van der Waals surface area contributed by atoms with Gasteiger partial charge in [-0.1, -0.05) is 0 Å². The van der Waals surface area contributed by atoms with Gasteiger partial charge in [0.25, 0.3) is 5.91 Å². The van der Waals surface area contributed by atoms with Crippen LogP contribution >= 0.6 is 0 Å². The van der Waals surface area contributed by atoms with E-state index in [9.17, 15) is 22.8 Å². The summed E-state index contributed by atoms with van der Waals surface area (Å²) in [6.07, 6.45) is 5.21. The zero-order chi connectivity index (χ0) is 32.2. The van der Waals surface area contributed by atoms with E-state index >= 15 is 4.39 Å². The number of amides is 2. The molecular formula is C31H33F4N9O2. The minimum Gasteiger partial charge on any atom is -0.339 e. The molecule has 15 heteroatoms. The Morgan fingerprint density at radius 3 is 2.46 bits per heavy atom. The fourth-order valence-electron chi connectivity index (χ4n) is 6.39. The zero-order valence-corrected chi connectivity index (χ0v) is 24.9. The van der Waals surface area contributed by atoms with Crippen LogP contribution in [0.3, 0.4) is 0 Å². The van der Waals surface area contributed by atoms with Gasteiger partial charge in [0.1, 0.15) is 5.82 Å². The van der Waals surface area contributed by atoms with Gasteiger partial charge in [0.15, 0.2) is 17.2 Å². The number of alkyl halides is 3. The summed E-state index contributed by atoms with van der Waals surface area (Å²) in [7, 11) is 0. The van der Waals surface area contributed by atoms with Crippen LogP contribution in [0.2, 0.25) is 0 Å². The highest BCUT2D eigenvalue weighted by Crippen LogP contribution is 2.38. The Morgan fingerprint density at radius 2 is 1.78 bits per heavy atom. The number of nitrogens with one attached hydrogen (secondary N) is 1. The largest absolute Gasteiger partial charge is 0.435 e. The molecule has 46 heavy (non-hydrogen) atoms. The maximum absolute atomic E-state index is 15.3. The number of anilines is 2. The van der Waals surface area contributed by atoms with Crippen LogP contribution in [0.15, 0.2) is 43.0 Å². The van der Waals surface area contributed by atoms with Crippen molar-refractivity contribution >= 4 is 29.0 Å². The van der Waals surface area contributed by atoms with Crippen LogP contribution in [-0.2, 0) is 17.5 Å². The number of carbonyl (C=O) groups excluding carboxylic acids is 2. The molecule has 7 rings (SSSR count). The number of hydrogen-bond donors (Lipinski definition) is 2. The smallest absolute Gasteiger partial charge is 0.339 e. The Morgan fingerprint density at radius 1 is 1.02 bits per heavy atom. The quantitative estimate of drug-likeness (QED) is 0.289. The predicted octanol–water partition coefficient (Wildman–Crippen LogP) is 4.32. The van der Waals surface area contributed by atoms with Gasteiger partial charge in [-0.05, 0) is 56.2 Å². The van der Waals surface area contributed by atoms with Crippen molar-refractivity contribution in [1.29, 1.82) is 0 Å². The van der Waals surface area contributed by atoms with E-state index in [2.05, 4.69) is 20.4 Å². The first-order valence-electron chi connectivity index (χ1n) is 15.4. The summed E-state index contributed by atoms with van der Waals surface area (Å²) in [5, 5.41) is 6.81. The molecular weight excluding hydrogens is 606 g/mol. The lowest BCUT2D eigenvalue weighted by atomic mass is 10.1. The van der Waals surface area contributed by atoms with E-state index < -0.39 is 23.6 Å². The molecule has 4 heterocycles. The first kappa shape index (κ1) is 30.1. The summed E-state index contributed by atoms with van der Waals surface area (Å²) < 4.78 is 59.9. The number of fused-ring (bicyclic) bond motifs is 1. The van der Waals surface area contributed by atoms with Gasteiger partial charge in [0, 0.05) is 69.0 Å². The molecule has 1 aliphatic heterocycles. The molecule has 3 N–H and O–H groups in total. The van der Waals surface area contributed by atoms with E-state index in [0.717, 1.165) is 31.7 Å². The van der Waals surface area contributed by atoms with Crippen LogP contribution in [0.1, 0.15) is 48.2 Å². The average Bonchev–Trinajstić information content (AvgIpc) is 3.36. The monoisotopic (exact) mass is 639 g/mol. The Hall–Kier alpha value is -4.53. The third kappa shape index (κ3) is 5.90. The first-order chi connectivity index (χ1) is 22.0. The Balaban J connectivity index is 1.06. The SMILES string of the molecule is N[C@@H]1CC[C@H](C(=O)N2CCN(C(=O)c3ccc(Nc4nccn5c(-c6cn(CC7CC7)nc6C(F)(F)F)cnc45)cc3F)CC2)C1. The van der Waals surface area contributed by atoms with Crippen LogP contribution in [0.25, 0.3) is 16.9 Å². The summed E-state index contributed by atoms with van der Waals surface area (Å²) in [5.41, 5.74) is 5.46. The zero-order valence-electron chi connectivity index (χ0n) is 24.9. The topological polar surface area (TPSA) is 127 Å². The van der Waals surface area contributed by atoms with Crippen molar-refractivity contribution < 1.29 is 27.2 Å². The van der Waals surface area contributed by atoms with Crippen LogP contribution in [-0.4, -0.2) is 78.0 Å². The number of nitrogens with two attached hydrogens (primary N) is 1. The summed E-state index contributed by atoms with van der Waals surface area (Å²) in [4.78, 5) is 37.9. The van der Waals surface area contributed by atoms with Crippen molar-refractivity contribution in [1.82, 2.24) is 33.9 Å². The van der Waals surface area contributed by atoms with Crippen molar-refractivity contribution in [2.45, 2.75) is 50.9 Å². The van der Waals surface area contributed by atoms with Crippen molar-refractivity contribution in [2.24, 2.45) is 17.6 Å². The number of piperazine rings is 1. The number of benzene rings is 1. The molecule has 3 fully saturated rings. The van der Waals surface area contributed by atoms with Gasteiger partial charge in [0.2, 0.25) is 5.91 Å². The molecule has 2 atom stereocenters. The second-order valence-electron chi connectivity index (χ2n) is 12.4. The third-order valence-corrected chi connectivity index (χ3v) is 9.04. The molecule has 3 aliphatic rings. The Labute approximate surface area is 261 Å². The Kier molecular flexibility index (Phi) is 7.65. The molecule has 1 aromatic carbocycles. The standard InChI is InChI=1S/C31H33F4N9O2/c32-24-14-21(5-6-22(24)30(46)42-11-9-41(10-12-42)29(45)19-3-4-20(36)13-19)39-27-28-38-15-25(44(28)8-7-37-27)23-17-43(16-18-1-2-18)40-26(23)31(33,34)35/h5-8,14-15,17-20H,1-4,9-13,16,36H2,(H,37,39)/t19-,20+/m0/s1. The molecule has 4 aromatic rings. The number of nitrogens with zero attached hydrogens (tertiary/aromatic N) is 7. The van der Waals surface area contributed by atoms with E-state index in [-0.39, 0.29) is 51.8 Å². The highest BCUT2D eigenvalue weighted by atomic mass is 19.4. The van der Waals surface area contributed by atoms with Crippen molar-refractivity contribution in [3.05, 3.63) is 60.1 Å². The van der Waals surface area contributed by atoms with Gasteiger partial charge in [-0.3, -0.25) is 18.7 Å². The summed E-state index contributed by atoms with van der Waals surface area (Å²) in [6.45, 7) is 1.78. The molecule has 2 saturated carbocycles. The van der Waals surface area contributed by atoms with Gasteiger partial charge >= 0.3 is 6.18 Å². The second-order valence-corrected chi connectivity index (χ2v) is 12.4. The molecule has 11 nitrogen and oxygen atoms in total. The average molecular weight is 640 g/mol. The van der Waals surface area contributed by atoms with Gasteiger partial charge in [-0.2, -0.15) is 18.3 Å². The number of carbonyl (C=O) groups is 2. The van der Waals surface area contributed by atoms with Crippen LogP contribution in [0.4, 0.5) is 29.1 Å². The highest BCUT2D eigenvalue weighted by Gasteiger charge is 2.39. The van der Waals surface area contributed by atoms with Crippen LogP contribution in [0.5, 0.6) is 0 Å². The predicted molar refractivity (Wildman–Crippen MR) is 159 cm³/mol. The molecule has 0 unspecified atom stereocenters. The number of aromatic nitrogens is 5. The van der Waals surface area contributed by atoms with Crippen LogP contribution < -0.4 is 11.1 Å². The lowest BCUT2D eigenvalue weighted by molar-refractivity contribution is -0.141. The third-order valence-electron chi connectivity index (χ3n) is 9.04. The lowest BCUT2D eigenvalue weighted by Gasteiger charge is -2.36. The Bertz CT molecular complexity index is 1790. The van der Waals surface area contributed by atoms with Gasteiger partial charge in [-0.15, -0.1) is 0 Å². The number of imidazole rings is 1. The van der Waals surface area contributed by atoms with Gasteiger partial charge in [0.05, 0.1) is 23.0 Å². The van der Waals surface area contributed by atoms with Crippen molar-refractivity contribution in [3.63, 3.8) is 0 Å². The normalized spacial score (nSPS) is 20.5. The molecule has 242 valence electrons.